The van der Waals surface area contributed by atoms with Gasteiger partial charge in [0.05, 0.1) is 10.0 Å². The maximum Gasteiger partial charge on any atom is 0.0612 e. The number of piperidine rings is 1. The number of halogens is 2. The van der Waals surface area contributed by atoms with Gasteiger partial charge in [-0.3, -0.25) is 0 Å². The second kappa shape index (κ2) is 6.14. The minimum absolute atomic E-state index is 0.621. The summed E-state index contributed by atoms with van der Waals surface area (Å²) >= 11 is 12.0. The molecular weight excluding hydrogens is 267 g/mol. The fourth-order valence-electron chi connectivity index (χ4n) is 2.63. The largest absolute Gasteiger partial charge is 0.371 e. The summed E-state index contributed by atoms with van der Waals surface area (Å²) in [5.74, 6) is 0.646. The Morgan fingerprint density at radius 1 is 1.33 bits per heavy atom. The lowest BCUT2D eigenvalue weighted by Gasteiger charge is -2.38. The molecule has 4 heteroatoms. The normalized spacial score (nSPS) is 24.3. The number of nitrogens with zero attached hydrogens (tertiary/aromatic N) is 1. The first kappa shape index (κ1) is 14.0. The van der Waals surface area contributed by atoms with Crippen LogP contribution in [0.1, 0.15) is 20.3 Å². The lowest BCUT2D eigenvalue weighted by Crippen LogP contribution is -2.48. The highest BCUT2D eigenvalue weighted by molar-refractivity contribution is 6.42. The SMILES string of the molecule is CCNC1CCN(c2ccc(Cl)c(Cl)c2)CC1C. The Hall–Kier alpha value is -0.440. The Balaban J connectivity index is 2.05. The molecule has 1 aromatic rings. The van der Waals surface area contributed by atoms with Gasteiger partial charge in [-0.15, -0.1) is 0 Å². The van der Waals surface area contributed by atoms with Gasteiger partial charge in [-0.05, 0) is 37.1 Å². The Morgan fingerprint density at radius 2 is 2.11 bits per heavy atom. The number of anilines is 1. The number of benzene rings is 1. The Labute approximate surface area is 119 Å². The van der Waals surface area contributed by atoms with Gasteiger partial charge in [0.1, 0.15) is 0 Å². The van der Waals surface area contributed by atoms with E-state index in [1.807, 2.05) is 12.1 Å². The van der Waals surface area contributed by atoms with Crippen LogP contribution < -0.4 is 10.2 Å². The molecule has 0 aliphatic carbocycles. The van der Waals surface area contributed by atoms with Crippen LogP contribution in [0.15, 0.2) is 18.2 Å². The van der Waals surface area contributed by atoms with Crippen molar-refractivity contribution in [3.8, 4) is 0 Å². The van der Waals surface area contributed by atoms with Crippen molar-refractivity contribution in [2.45, 2.75) is 26.3 Å². The van der Waals surface area contributed by atoms with Gasteiger partial charge in [-0.25, -0.2) is 0 Å². The van der Waals surface area contributed by atoms with E-state index >= 15 is 0 Å². The molecule has 1 aromatic carbocycles. The second-order valence-corrected chi connectivity index (χ2v) is 5.79. The Kier molecular flexibility index (Phi) is 4.77. The first-order valence-corrected chi connectivity index (χ1v) is 7.30. The topological polar surface area (TPSA) is 15.3 Å². The summed E-state index contributed by atoms with van der Waals surface area (Å²) in [6.45, 7) is 7.65. The van der Waals surface area contributed by atoms with E-state index in [2.05, 4.69) is 30.1 Å². The van der Waals surface area contributed by atoms with Crippen LogP contribution in [0.5, 0.6) is 0 Å². The summed E-state index contributed by atoms with van der Waals surface area (Å²) in [4.78, 5) is 2.39. The number of hydrogen-bond donors (Lipinski definition) is 1. The molecule has 0 radical (unpaired) electrons. The van der Waals surface area contributed by atoms with E-state index in [-0.39, 0.29) is 0 Å². The number of hydrogen-bond acceptors (Lipinski definition) is 2. The summed E-state index contributed by atoms with van der Waals surface area (Å²) < 4.78 is 0. The molecule has 2 unspecified atom stereocenters. The van der Waals surface area contributed by atoms with Crippen LogP contribution in [0.3, 0.4) is 0 Å². The van der Waals surface area contributed by atoms with E-state index in [1.54, 1.807) is 0 Å². The molecule has 1 heterocycles. The summed E-state index contributed by atoms with van der Waals surface area (Å²) in [6, 6.07) is 6.52. The molecular formula is C14H20Cl2N2. The van der Waals surface area contributed by atoms with Gasteiger partial charge in [0.15, 0.2) is 0 Å². The highest BCUT2D eigenvalue weighted by Crippen LogP contribution is 2.29. The molecule has 2 rings (SSSR count). The van der Waals surface area contributed by atoms with E-state index in [0.29, 0.717) is 22.0 Å². The summed E-state index contributed by atoms with van der Waals surface area (Å²) in [5, 5.41) is 4.81. The lowest BCUT2D eigenvalue weighted by molar-refractivity contribution is 0.327. The minimum atomic E-state index is 0.621. The number of nitrogens with one attached hydrogen (secondary N) is 1. The third-order valence-electron chi connectivity index (χ3n) is 3.64. The van der Waals surface area contributed by atoms with Gasteiger partial charge in [-0.2, -0.15) is 0 Å². The fraction of sp³-hybridized carbons (Fsp3) is 0.571. The Bertz CT molecular complexity index is 409. The van der Waals surface area contributed by atoms with Crippen molar-refractivity contribution in [3.05, 3.63) is 28.2 Å². The second-order valence-electron chi connectivity index (χ2n) is 4.97. The molecule has 2 atom stereocenters. The quantitative estimate of drug-likeness (QED) is 0.909. The van der Waals surface area contributed by atoms with Crippen molar-refractivity contribution in [3.63, 3.8) is 0 Å². The molecule has 0 aromatic heterocycles. The maximum absolute atomic E-state index is 6.08. The van der Waals surface area contributed by atoms with E-state index in [4.69, 9.17) is 23.2 Å². The zero-order valence-corrected chi connectivity index (χ0v) is 12.4. The van der Waals surface area contributed by atoms with Crippen LogP contribution in [0.2, 0.25) is 10.0 Å². The zero-order valence-electron chi connectivity index (χ0n) is 10.9. The van der Waals surface area contributed by atoms with Crippen molar-refractivity contribution in [1.82, 2.24) is 5.32 Å². The average molecular weight is 287 g/mol. The van der Waals surface area contributed by atoms with Gasteiger partial charge in [0, 0.05) is 24.8 Å². The molecule has 0 amide bonds. The standard InChI is InChI=1S/C14H20Cl2N2/c1-3-17-14-6-7-18(9-10(14)2)11-4-5-12(15)13(16)8-11/h4-5,8,10,14,17H,3,6-7,9H2,1-2H3. The van der Waals surface area contributed by atoms with Crippen LogP contribution in [0.25, 0.3) is 0 Å². The highest BCUT2D eigenvalue weighted by Gasteiger charge is 2.25. The molecule has 0 spiro atoms. The van der Waals surface area contributed by atoms with Crippen molar-refractivity contribution >= 4 is 28.9 Å². The summed E-state index contributed by atoms with van der Waals surface area (Å²) in [5.41, 5.74) is 1.17. The van der Waals surface area contributed by atoms with Crippen LogP contribution in [-0.4, -0.2) is 25.7 Å². The molecule has 1 N–H and O–H groups in total. The third-order valence-corrected chi connectivity index (χ3v) is 4.38. The lowest BCUT2D eigenvalue weighted by atomic mass is 9.93. The molecule has 1 aliphatic rings. The molecule has 2 nitrogen and oxygen atoms in total. The summed E-state index contributed by atoms with van der Waals surface area (Å²) in [6.07, 6.45) is 1.18. The van der Waals surface area contributed by atoms with Gasteiger partial charge in [0.25, 0.3) is 0 Å². The predicted molar refractivity (Wildman–Crippen MR) is 79.9 cm³/mol. The maximum atomic E-state index is 6.08. The van der Waals surface area contributed by atoms with Crippen molar-refractivity contribution in [2.24, 2.45) is 5.92 Å². The average Bonchev–Trinajstić information content (AvgIpc) is 2.35. The van der Waals surface area contributed by atoms with Crippen LogP contribution in [-0.2, 0) is 0 Å². The third kappa shape index (κ3) is 3.11. The van der Waals surface area contributed by atoms with Gasteiger partial charge >= 0.3 is 0 Å². The number of rotatable bonds is 3. The first-order valence-electron chi connectivity index (χ1n) is 6.55. The molecule has 1 saturated heterocycles. The molecule has 100 valence electrons. The van der Waals surface area contributed by atoms with Gasteiger partial charge in [-0.1, -0.05) is 37.0 Å². The van der Waals surface area contributed by atoms with Crippen molar-refractivity contribution in [1.29, 1.82) is 0 Å². The van der Waals surface area contributed by atoms with Crippen LogP contribution in [0, 0.1) is 5.92 Å². The smallest absolute Gasteiger partial charge is 0.0612 e. The van der Waals surface area contributed by atoms with Crippen molar-refractivity contribution < 1.29 is 0 Å². The minimum Gasteiger partial charge on any atom is -0.371 e. The van der Waals surface area contributed by atoms with Crippen molar-refractivity contribution in [2.75, 3.05) is 24.5 Å². The molecule has 0 bridgehead atoms. The highest BCUT2D eigenvalue weighted by atomic mass is 35.5. The monoisotopic (exact) mass is 286 g/mol. The zero-order chi connectivity index (χ0) is 13.1. The molecule has 1 fully saturated rings. The fourth-order valence-corrected chi connectivity index (χ4v) is 2.92. The molecule has 1 aliphatic heterocycles. The van der Waals surface area contributed by atoms with Crippen LogP contribution >= 0.6 is 23.2 Å². The van der Waals surface area contributed by atoms with E-state index in [0.717, 1.165) is 19.6 Å². The molecule has 18 heavy (non-hydrogen) atoms. The van der Waals surface area contributed by atoms with Gasteiger partial charge in [0.2, 0.25) is 0 Å². The van der Waals surface area contributed by atoms with Gasteiger partial charge < -0.3 is 10.2 Å². The first-order chi connectivity index (χ1) is 8.61. The summed E-state index contributed by atoms with van der Waals surface area (Å²) in [7, 11) is 0. The predicted octanol–water partition coefficient (Wildman–Crippen LogP) is 3.82. The van der Waals surface area contributed by atoms with E-state index in [9.17, 15) is 0 Å². The van der Waals surface area contributed by atoms with E-state index in [1.165, 1.54) is 12.1 Å². The van der Waals surface area contributed by atoms with Crippen LogP contribution in [0.4, 0.5) is 5.69 Å². The molecule has 0 saturated carbocycles. The Morgan fingerprint density at radius 3 is 2.72 bits per heavy atom. The van der Waals surface area contributed by atoms with E-state index < -0.39 is 0 Å².